The fraction of sp³-hybridized carbons (Fsp3) is 0.500. The van der Waals surface area contributed by atoms with E-state index in [-0.39, 0.29) is 11.3 Å². The first-order valence-electron chi connectivity index (χ1n) is 5.57. The fourth-order valence-corrected chi connectivity index (χ4v) is 1.72. The fourth-order valence-electron chi connectivity index (χ4n) is 1.72. The summed E-state index contributed by atoms with van der Waals surface area (Å²) >= 11 is 0. The standard InChI is InChI=1S/C12H17F3N2O2/c1-11(2,18-3)10(17-16)8-6-4-5-7-9(8)19-12(13,14)15/h4-7,10,17H,16H2,1-3H3. The SMILES string of the molecule is COC(C)(C)C(NN)c1ccccc1OC(F)(F)F. The predicted octanol–water partition coefficient (Wildman–Crippen LogP) is 2.51. The van der Waals surface area contributed by atoms with E-state index in [0.717, 1.165) is 0 Å². The van der Waals surface area contributed by atoms with Gasteiger partial charge in [0, 0.05) is 12.7 Å². The van der Waals surface area contributed by atoms with Gasteiger partial charge in [0.05, 0.1) is 11.6 Å². The van der Waals surface area contributed by atoms with Crippen LogP contribution in [0.15, 0.2) is 24.3 Å². The summed E-state index contributed by atoms with van der Waals surface area (Å²) in [4.78, 5) is 0. The molecule has 4 nitrogen and oxygen atoms in total. The highest BCUT2D eigenvalue weighted by atomic mass is 19.4. The van der Waals surface area contributed by atoms with Gasteiger partial charge in [-0.3, -0.25) is 5.84 Å². The summed E-state index contributed by atoms with van der Waals surface area (Å²) in [5.41, 5.74) is 1.93. The number of halogens is 3. The molecule has 108 valence electrons. The van der Waals surface area contributed by atoms with Crippen LogP contribution in [-0.2, 0) is 4.74 Å². The Balaban J connectivity index is 3.18. The third kappa shape index (κ3) is 4.09. The summed E-state index contributed by atoms with van der Waals surface area (Å²) < 4.78 is 46.3. The quantitative estimate of drug-likeness (QED) is 0.642. The second kappa shape index (κ2) is 5.77. The lowest BCUT2D eigenvalue weighted by molar-refractivity contribution is -0.275. The Labute approximate surface area is 109 Å². The molecule has 0 aliphatic heterocycles. The molecular weight excluding hydrogens is 261 g/mol. The van der Waals surface area contributed by atoms with E-state index < -0.39 is 18.0 Å². The molecule has 0 radical (unpaired) electrons. The summed E-state index contributed by atoms with van der Waals surface area (Å²) in [7, 11) is 1.46. The van der Waals surface area contributed by atoms with Gasteiger partial charge in [-0.15, -0.1) is 13.2 Å². The minimum Gasteiger partial charge on any atom is -0.405 e. The van der Waals surface area contributed by atoms with Crippen LogP contribution in [0.2, 0.25) is 0 Å². The zero-order valence-electron chi connectivity index (χ0n) is 10.9. The zero-order valence-corrected chi connectivity index (χ0v) is 10.9. The van der Waals surface area contributed by atoms with Crippen LogP contribution in [0.5, 0.6) is 5.75 Å². The summed E-state index contributed by atoms with van der Waals surface area (Å²) in [6, 6.07) is 5.15. The minimum absolute atomic E-state index is 0.272. The minimum atomic E-state index is -4.76. The summed E-state index contributed by atoms with van der Waals surface area (Å²) in [6.45, 7) is 3.42. The second-order valence-corrected chi connectivity index (χ2v) is 4.49. The number of hydrogen-bond acceptors (Lipinski definition) is 4. The van der Waals surface area contributed by atoms with Crippen LogP contribution < -0.4 is 16.0 Å². The number of nitrogens with two attached hydrogens (primary N) is 1. The topological polar surface area (TPSA) is 56.5 Å². The maximum atomic E-state index is 12.4. The molecule has 0 fully saturated rings. The number of benzene rings is 1. The van der Waals surface area contributed by atoms with E-state index in [2.05, 4.69) is 10.2 Å². The number of rotatable bonds is 5. The second-order valence-electron chi connectivity index (χ2n) is 4.49. The van der Waals surface area contributed by atoms with Gasteiger partial charge in [-0.2, -0.15) is 0 Å². The van der Waals surface area contributed by atoms with Crippen molar-refractivity contribution in [3.63, 3.8) is 0 Å². The van der Waals surface area contributed by atoms with Crippen LogP contribution in [0.4, 0.5) is 13.2 Å². The smallest absolute Gasteiger partial charge is 0.405 e. The van der Waals surface area contributed by atoms with E-state index in [0.29, 0.717) is 0 Å². The lowest BCUT2D eigenvalue weighted by Crippen LogP contribution is -2.44. The molecule has 0 bridgehead atoms. The Morgan fingerprint density at radius 2 is 1.79 bits per heavy atom. The summed E-state index contributed by atoms with van der Waals surface area (Å²) in [6.07, 6.45) is -4.76. The number of nitrogens with one attached hydrogen (secondary N) is 1. The summed E-state index contributed by atoms with van der Waals surface area (Å²) in [5.74, 6) is 5.13. The van der Waals surface area contributed by atoms with Crippen LogP contribution >= 0.6 is 0 Å². The number of ether oxygens (including phenoxy) is 2. The number of alkyl halides is 3. The van der Waals surface area contributed by atoms with Crippen molar-refractivity contribution in [3.05, 3.63) is 29.8 Å². The van der Waals surface area contributed by atoms with Crippen molar-refractivity contribution >= 4 is 0 Å². The van der Waals surface area contributed by atoms with Gasteiger partial charge in [0.25, 0.3) is 0 Å². The molecule has 1 aromatic carbocycles. The van der Waals surface area contributed by atoms with Gasteiger partial charge in [0.1, 0.15) is 5.75 Å². The van der Waals surface area contributed by atoms with Crippen molar-refractivity contribution in [3.8, 4) is 5.75 Å². The Morgan fingerprint density at radius 3 is 2.26 bits per heavy atom. The third-order valence-electron chi connectivity index (χ3n) is 2.84. The first-order valence-corrected chi connectivity index (χ1v) is 5.57. The predicted molar refractivity (Wildman–Crippen MR) is 64.3 cm³/mol. The molecule has 0 saturated heterocycles. The van der Waals surface area contributed by atoms with E-state index >= 15 is 0 Å². The van der Waals surface area contributed by atoms with E-state index in [1.807, 2.05) is 0 Å². The van der Waals surface area contributed by atoms with Crippen molar-refractivity contribution < 1.29 is 22.6 Å². The van der Waals surface area contributed by atoms with Crippen LogP contribution in [0.25, 0.3) is 0 Å². The van der Waals surface area contributed by atoms with E-state index in [1.54, 1.807) is 19.9 Å². The summed E-state index contributed by atoms with van der Waals surface area (Å²) in [5, 5.41) is 0. The Bertz CT molecular complexity index is 422. The average molecular weight is 278 g/mol. The van der Waals surface area contributed by atoms with Crippen LogP contribution in [0.3, 0.4) is 0 Å². The molecule has 0 amide bonds. The van der Waals surface area contributed by atoms with Crippen LogP contribution in [0, 0.1) is 0 Å². The third-order valence-corrected chi connectivity index (χ3v) is 2.84. The molecule has 0 spiro atoms. The maximum absolute atomic E-state index is 12.4. The molecule has 0 saturated carbocycles. The van der Waals surface area contributed by atoms with Crippen molar-refractivity contribution in [2.45, 2.75) is 31.9 Å². The number of hydrogen-bond donors (Lipinski definition) is 2. The largest absolute Gasteiger partial charge is 0.573 e. The highest BCUT2D eigenvalue weighted by Crippen LogP contribution is 2.35. The molecule has 1 unspecified atom stereocenters. The van der Waals surface area contributed by atoms with E-state index in [4.69, 9.17) is 10.6 Å². The van der Waals surface area contributed by atoms with Crippen LogP contribution in [-0.4, -0.2) is 19.1 Å². The molecule has 3 N–H and O–H groups in total. The number of para-hydroxylation sites is 1. The average Bonchev–Trinajstić information content (AvgIpc) is 2.30. The molecule has 7 heteroatoms. The van der Waals surface area contributed by atoms with Crippen molar-refractivity contribution in [1.29, 1.82) is 0 Å². The molecule has 19 heavy (non-hydrogen) atoms. The lowest BCUT2D eigenvalue weighted by atomic mass is 9.91. The number of hydrazine groups is 1. The van der Waals surface area contributed by atoms with Gasteiger partial charge in [-0.25, -0.2) is 5.43 Å². The molecule has 1 rings (SSSR count). The zero-order chi connectivity index (χ0) is 14.7. The number of methoxy groups -OCH3 is 1. The van der Waals surface area contributed by atoms with Crippen molar-refractivity contribution in [2.75, 3.05) is 7.11 Å². The normalized spacial score (nSPS) is 14.3. The molecular formula is C12H17F3N2O2. The highest BCUT2D eigenvalue weighted by Gasteiger charge is 2.36. The van der Waals surface area contributed by atoms with E-state index in [1.165, 1.54) is 25.3 Å². The lowest BCUT2D eigenvalue weighted by Gasteiger charge is -2.33. The molecule has 1 atom stereocenters. The van der Waals surface area contributed by atoms with Gasteiger partial charge in [0.15, 0.2) is 0 Å². The van der Waals surface area contributed by atoms with Gasteiger partial charge >= 0.3 is 6.36 Å². The molecule has 0 aliphatic carbocycles. The Morgan fingerprint density at radius 1 is 1.21 bits per heavy atom. The van der Waals surface area contributed by atoms with Gasteiger partial charge in [-0.05, 0) is 19.9 Å². The molecule has 0 aromatic heterocycles. The maximum Gasteiger partial charge on any atom is 0.573 e. The first kappa shape index (κ1) is 15.7. The van der Waals surface area contributed by atoms with Gasteiger partial charge in [-0.1, -0.05) is 18.2 Å². The highest BCUT2D eigenvalue weighted by molar-refractivity contribution is 5.37. The Kier molecular flexibility index (Phi) is 4.78. The Hall–Kier alpha value is -1.31. The first-order chi connectivity index (χ1) is 8.71. The van der Waals surface area contributed by atoms with Crippen molar-refractivity contribution in [1.82, 2.24) is 5.43 Å². The van der Waals surface area contributed by atoms with Crippen LogP contribution in [0.1, 0.15) is 25.5 Å². The van der Waals surface area contributed by atoms with Crippen molar-refractivity contribution in [2.24, 2.45) is 5.84 Å². The molecule has 0 heterocycles. The monoisotopic (exact) mass is 278 g/mol. The molecule has 1 aromatic rings. The molecule has 0 aliphatic rings. The van der Waals surface area contributed by atoms with Gasteiger partial charge < -0.3 is 9.47 Å². The van der Waals surface area contributed by atoms with E-state index in [9.17, 15) is 13.2 Å². The van der Waals surface area contributed by atoms with Gasteiger partial charge in [0.2, 0.25) is 0 Å².